The summed E-state index contributed by atoms with van der Waals surface area (Å²) < 4.78 is 35.9. The molecular formula is C12H17FN2O2S. The summed E-state index contributed by atoms with van der Waals surface area (Å²) in [7, 11) is -2.89. The molecule has 1 fully saturated rings. The number of nitrogen functional groups attached to an aromatic ring is 1. The summed E-state index contributed by atoms with van der Waals surface area (Å²) in [6.07, 6.45) is 0.642. The van der Waals surface area contributed by atoms with Crippen molar-refractivity contribution >= 4 is 15.5 Å². The Morgan fingerprint density at radius 2 is 2.06 bits per heavy atom. The standard InChI is InChI=1S/C12H17FN2O2S/c13-11-3-2-10(12(14)8-11)9-15-4-1-6-18(16,17)7-5-15/h2-3,8H,1,4-7,9,14H2. The molecule has 2 N–H and O–H groups in total. The highest BCUT2D eigenvalue weighted by Gasteiger charge is 2.19. The first-order chi connectivity index (χ1) is 8.46. The van der Waals surface area contributed by atoms with Gasteiger partial charge >= 0.3 is 0 Å². The molecule has 1 aliphatic heterocycles. The van der Waals surface area contributed by atoms with Gasteiger partial charge in [-0.05, 0) is 30.7 Å². The third-order valence-electron chi connectivity index (χ3n) is 3.15. The average molecular weight is 272 g/mol. The zero-order chi connectivity index (χ0) is 13.2. The SMILES string of the molecule is Nc1cc(F)ccc1CN1CCCS(=O)(=O)CC1. The lowest BCUT2D eigenvalue weighted by atomic mass is 10.1. The number of hydrogen-bond acceptors (Lipinski definition) is 4. The van der Waals surface area contributed by atoms with Crippen LogP contribution in [0, 0.1) is 5.82 Å². The number of hydrogen-bond donors (Lipinski definition) is 1. The Balaban J connectivity index is 2.05. The minimum absolute atomic E-state index is 0.189. The molecular weight excluding hydrogens is 255 g/mol. The van der Waals surface area contributed by atoms with Crippen LogP contribution >= 0.6 is 0 Å². The summed E-state index contributed by atoms with van der Waals surface area (Å²) in [5.74, 6) is 0.0888. The predicted molar refractivity (Wildman–Crippen MR) is 69.4 cm³/mol. The van der Waals surface area contributed by atoms with Crippen LogP contribution in [0.2, 0.25) is 0 Å². The fourth-order valence-electron chi connectivity index (χ4n) is 2.10. The van der Waals surface area contributed by atoms with Crippen molar-refractivity contribution in [3.63, 3.8) is 0 Å². The van der Waals surface area contributed by atoms with Crippen LogP contribution in [-0.2, 0) is 16.4 Å². The van der Waals surface area contributed by atoms with Gasteiger partial charge in [-0.3, -0.25) is 4.90 Å². The van der Waals surface area contributed by atoms with E-state index in [0.29, 0.717) is 25.2 Å². The van der Waals surface area contributed by atoms with Crippen LogP contribution in [0.5, 0.6) is 0 Å². The number of anilines is 1. The molecule has 1 aliphatic rings. The Labute approximate surface area is 107 Å². The van der Waals surface area contributed by atoms with E-state index >= 15 is 0 Å². The topological polar surface area (TPSA) is 63.4 Å². The monoisotopic (exact) mass is 272 g/mol. The third-order valence-corrected chi connectivity index (χ3v) is 4.87. The molecule has 1 aromatic rings. The normalized spacial score (nSPS) is 20.5. The summed E-state index contributed by atoms with van der Waals surface area (Å²) in [5.41, 5.74) is 7.01. The lowest BCUT2D eigenvalue weighted by Gasteiger charge is -2.20. The van der Waals surface area contributed by atoms with E-state index in [1.165, 1.54) is 12.1 Å². The number of halogens is 1. The maximum absolute atomic E-state index is 12.9. The fourth-order valence-corrected chi connectivity index (χ4v) is 3.41. The maximum atomic E-state index is 12.9. The van der Waals surface area contributed by atoms with E-state index in [4.69, 9.17) is 5.73 Å². The summed E-state index contributed by atoms with van der Waals surface area (Å²) in [5, 5.41) is 0. The second kappa shape index (κ2) is 5.24. The number of nitrogens with two attached hydrogens (primary N) is 1. The summed E-state index contributed by atoms with van der Waals surface area (Å²) in [6, 6.07) is 4.33. The van der Waals surface area contributed by atoms with Crippen molar-refractivity contribution in [1.29, 1.82) is 0 Å². The first kappa shape index (κ1) is 13.3. The van der Waals surface area contributed by atoms with Crippen LogP contribution in [0.1, 0.15) is 12.0 Å². The number of sulfone groups is 1. The number of rotatable bonds is 2. The van der Waals surface area contributed by atoms with E-state index in [0.717, 1.165) is 12.1 Å². The molecule has 0 radical (unpaired) electrons. The Morgan fingerprint density at radius 1 is 1.28 bits per heavy atom. The fraction of sp³-hybridized carbons (Fsp3) is 0.500. The van der Waals surface area contributed by atoms with Gasteiger partial charge in [-0.15, -0.1) is 0 Å². The smallest absolute Gasteiger partial charge is 0.151 e. The van der Waals surface area contributed by atoms with Crippen LogP contribution in [0.4, 0.5) is 10.1 Å². The van der Waals surface area contributed by atoms with Gasteiger partial charge in [0.05, 0.1) is 11.5 Å². The molecule has 1 aromatic carbocycles. The van der Waals surface area contributed by atoms with E-state index < -0.39 is 9.84 Å². The van der Waals surface area contributed by atoms with E-state index in [1.54, 1.807) is 6.07 Å². The molecule has 18 heavy (non-hydrogen) atoms. The van der Waals surface area contributed by atoms with Gasteiger partial charge in [0, 0.05) is 18.8 Å². The van der Waals surface area contributed by atoms with Gasteiger partial charge in [0.25, 0.3) is 0 Å². The highest BCUT2D eigenvalue weighted by molar-refractivity contribution is 7.91. The molecule has 0 atom stereocenters. The molecule has 100 valence electrons. The van der Waals surface area contributed by atoms with Crippen LogP contribution in [0.25, 0.3) is 0 Å². The average Bonchev–Trinajstić information content (AvgIpc) is 2.44. The zero-order valence-corrected chi connectivity index (χ0v) is 10.9. The van der Waals surface area contributed by atoms with E-state index in [1.807, 2.05) is 4.90 Å². The first-order valence-corrected chi connectivity index (χ1v) is 7.75. The van der Waals surface area contributed by atoms with Crippen LogP contribution < -0.4 is 5.73 Å². The van der Waals surface area contributed by atoms with Gasteiger partial charge in [0.15, 0.2) is 9.84 Å². The van der Waals surface area contributed by atoms with Crippen molar-refractivity contribution in [2.75, 3.05) is 30.3 Å². The Bertz CT molecular complexity index is 531. The Kier molecular flexibility index (Phi) is 3.87. The minimum Gasteiger partial charge on any atom is -0.398 e. The van der Waals surface area contributed by atoms with Crippen molar-refractivity contribution in [1.82, 2.24) is 4.90 Å². The van der Waals surface area contributed by atoms with Gasteiger partial charge in [-0.1, -0.05) is 6.07 Å². The molecule has 0 amide bonds. The lowest BCUT2D eigenvalue weighted by molar-refractivity contribution is 0.287. The third kappa shape index (κ3) is 3.43. The van der Waals surface area contributed by atoms with Crippen molar-refractivity contribution < 1.29 is 12.8 Å². The summed E-state index contributed by atoms with van der Waals surface area (Å²) >= 11 is 0. The molecule has 0 spiro atoms. The minimum atomic E-state index is -2.89. The van der Waals surface area contributed by atoms with Gasteiger partial charge in [0.2, 0.25) is 0 Å². The van der Waals surface area contributed by atoms with Gasteiger partial charge in [0.1, 0.15) is 5.82 Å². The molecule has 0 saturated carbocycles. The van der Waals surface area contributed by atoms with E-state index in [2.05, 4.69) is 0 Å². The largest absolute Gasteiger partial charge is 0.398 e. The number of benzene rings is 1. The van der Waals surface area contributed by atoms with Gasteiger partial charge in [-0.2, -0.15) is 0 Å². The van der Waals surface area contributed by atoms with E-state index in [-0.39, 0.29) is 17.3 Å². The molecule has 6 heteroatoms. The molecule has 2 rings (SSSR count). The van der Waals surface area contributed by atoms with E-state index in [9.17, 15) is 12.8 Å². The zero-order valence-electron chi connectivity index (χ0n) is 10.1. The molecule has 0 unspecified atom stereocenters. The highest BCUT2D eigenvalue weighted by Crippen LogP contribution is 2.17. The second-order valence-electron chi connectivity index (χ2n) is 4.62. The maximum Gasteiger partial charge on any atom is 0.151 e. The molecule has 1 saturated heterocycles. The predicted octanol–water partition coefficient (Wildman–Crippen LogP) is 1.03. The Hall–Kier alpha value is -1.14. The summed E-state index contributed by atoms with van der Waals surface area (Å²) in [6.45, 7) is 1.82. The van der Waals surface area contributed by atoms with Crippen molar-refractivity contribution in [2.45, 2.75) is 13.0 Å². The van der Waals surface area contributed by atoms with Crippen LogP contribution in [0.15, 0.2) is 18.2 Å². The quantitative estimate of drug-likeness (QED) is 0.817. The number of nitrogens with zero attached hydrogens (tertiary/aromatic N) is 1. The second-order valence-corrected chi connectivity index (χ2v) is 6.93. The molecule has 1 heterocycles. The van der Waals surface area contributed by atoms with Crippen LogP contribution in [-0.4, -0.2) is 37.9 Å². The Morgan fingerprint density at radius 3 is 2.78 bits per heavy atom. The molecule has 4 nitrogen and oxygen atoms in total. The van der Waals surface area contributed by atoms with Gasteiger partial charge < -0.3 is 5.73 Å². The summed E-state index contributed by atoms with van der Waals surface area (Å²) in [4.78, 5) is 2.05. The van der Waals surface area contributed by atoms with Crippen molar-refractivity contribution in [3.8, 4) is 0 Å². The molecule has 0 aliphatic carbocycles. The highest BCUT2D eigenvalue weighted by atomic mass is 32.2. The lowest BCUT2D eigenvalue weighted by Crippen LogP contribution is -2.27. The van der Waals surface area contributed by atoms with Crippen LogP contribution in [0.3, 0.4) is 0 Å². The first-order valence-electron chi connectivity index (χ1n) is 5.93. The van der Waals surface area contributed by atoms with Crippen molar-refractivity contribution in [2.24, 2.45) is 0 Å². The molecule has 0 bridgehead atoms. The van der Waals surface area contributed by atoms with Crippen molar-refractivity contribution in [3.05, 3.63) is 29.6 Å². The molecule has 0 aromatic heterocycles. The van der Waals surface area contributed by atoms with Gasteiger partial charge in [-0.25, -0.2) is 12.8 Å².